The van der Waals surface area contributed by atoms with Gasteiger partial charge in [-0.1, -0.05) is 71.2 Å². The minimum absolute atomic E-state index is 0.0397. The Morgan fingerprint density at radius 3 is 1.15 bits per heavy atom. The van der Waals surface area contributed by atoms with Crippen LogP contribution in [-0.4, -0.2) is 227 Å². The minimum Gasteiger partial charge on any atom is -0.494 e. The Morgan fingerprint density at radius 2 is 0.783 bits per heavy atom. The SMILES string of the molecule is COc1cc(N2CCC(N3CCN(C(=O)NC(C)C)CC3)CC2)ccc1Nc1ncc(Cl)c(Nc2ccccc2P(C)(C)=O)n1.COc1cc(N2CCC(NC3CC3)CC2)ccc1Nc1ncc(Cl)c(Nc2ccccc2P(C)(C)=O)n1.Cc1cc(N2CCC(N3CCOCC3)CC2)ccc1Nc1ncc(Cl)c(Nc2ccccc2P(C)(C)=O)n1. The van der Waals surface area contributed by atoms with Crippen molar-refractivity contribution in [3.8, 4) is 11.5 Å². The number of urea groups is 1. The van der Waals surface area contributed by atoms with E-state index in [0.717, 1.165) is 179 Å². The van der Waals surface area contributed by atoms with Gasteiger partial charge in [-0.25, -0.2) is 19.7 Å². The van der Waals surface area contributed by atoms with Crippen molar-refractivity contribution in [3.05, 3.63) is 167 Å². The number of hydrogen-bond acceptors (Lipinski definition) is 25. The lowest BCUT2D eigenvalue weighted by Crippen LogP contribution is -2.56. The molecule has 2 amide bonds. The molecule has 33 heteroatoms. The van der Waals surface area contributed by atoms with E-state index in [2.05, 4.69) is 140 Å². The van der Waals surface area contributed by atoms with Gasteiger partial charge in [-0.05, 0) is 197 Å². The van der Waals surface area contributed by atoms with Crippen LogP contribution in [-0.2, 0) is 18.4 Å². The number of benzene rings is 6. The first-order valence-electron chi connectivity index (χ1n) is 41.3. The molecular formula is C87H114Cl3N20O7P3. The van der Waals surface area contributed by atoms with Crippen LogP contribution < -0.4 is 82.6 Å². The van der Waals surface area contributed by atoms with Gasteiger partial charge in [0.05, 0.1) is 74.5 Å². The van der Waals surface area contributed by atoms with Crippen molar-refractivity contribution in [2.45, 2.75) is 102 Å². The molecule has 6 fully saturated rings. The lowest BCUT2D eigenvalue weighted by atomic mass is 10.0. The smallest absolute Gasteiger partial charge is 0.317 e. The second-order valence-electron chi connectivity index (χ2n) is 32.7. The zero-order valence-electron chi connectivity index (χ0n) is 70.5. The van der Waals surface area contributed by atoms with Crippen molar-refractivity contribution in [1.29, 1.82) is 0 Å². The Hall–Kier alpha value is -8.97. The number of aromatic nitrogens is 6. The highest BCUT2D eigenvalue weighted by Gasteiger charge is 2.33. The zero-order chi connectivity index (χ0) is 84.8. The fraction of sp³-hybridized carbons (Fsp3) is 0.437. The van der Waals surface area contributed by atoms with Gasteiger partial charge in [0.1, 0.15) is 48.0 Å². The summed E-state index contributed by atoms with van der Waals surface area (Å²) in [6, 6.07) is 44.0. The van der Waals surface area contributed by atoms with Gasteiger partial charge in [0.15, 0.2) is 17.5 Å². The van der Waals surface area contributed by atoms with Crippen LogP contribution >= 0.6 is 56.2 Å². The molecule has 15 rings (SSSR count). The van der Waals surface area contributed by atoms with E-state index in [1.54, 1.807) is 66.6 Å². The molecular weight excluding hydrogens is 1640 g/mol. The number of amides is 2. The van der Waals surface area contributed by atoms with Crippen LogP contribution in [0.1, 0.15) is 70.8 Å². The summed E-state index contributed by atoms with van der Waals surface area (Å²) in [5.41, 5.74) is 9.18. The lowest BCUT2D eigenvalue weighted by molar-refractivity contribution is 0.0115. The van der Waals surface area contributed by atoms with E-state index in [4.69, 9.17) is 49.0 Å². The summed E-state index contributed by atoms with van der Waals surface area (Å²) >= 11 is 19.3. The van der Waals surface area contributed by atoms with E-state index in [-0.39, 0.29) is 12.1 Å². The molecule has 8 N–H and O–H groups in total. The number of carbonyl (C=O) groups excluding carboxylic acids is 1. The molecule has 3 aromatic heterocycles. The Bertz CT molecular complexity index is 5160. The quantitative estimate of drug-likeness (QED) is 0.0247. The number of methoxy groups -OCH3 is 2. The molecule has 8 heterocycles. The summed E-state index contributed by atoms with van der Waals surface area (Å²) in [6.07, 6.45) is 14.1. The minimum atomic E-state index is -2.52. The molecule has 640 valence electrons. The number of hydrogen-bond donors (Lipinski definition) is 8. The monoisotopic (exact) mass is 1750 g/mol. The van der Waals surface area contributed by atoms with Crippen LogP contribution in [0.3, 0.4) is 0 Å². The number of piperidine rings is 3. The lowest BCUT2D eigenvalue weighted by Gasteiger charge is -2.43. The Balaban J connectivity index is 0.000000156. The van der Waals surface area contributed by atoms with Gasteiger partial charge in [-0.15, -0.1) is 0 Å². The fourth-order valence-electron chi connectivity index (χ4n) is 15.8. The van der Waals surface area contributed by atoms with Crippen LogP contribution in [0, 0.1) is 6.92 Å². The molecule has 9 aromatic rings. The van der Waals surface area contributed by atoms with Gasteiger partial charge in [-0.3, -0.25) is 9.80 Å². The topological polar surface area (TPSA) is 289 Å². The summed E-state index contributed by atoms with van der Waals surface area (Å²) in [5.74, 6) is 3.86. The van der Waals surface area contributed by atoms with Crippen LogP contribution in [0.25, 0.3) is 0 Å². The first kappa shape index (κ1) is 88.8. The predicted molar refractivity (Wildman–Crippen MR) is 496 cm³/mol. The van der Waals surface area contributed by atoms with Gasteiger partial charge >= 0.3 is 6.03 Å². The van der Waals surface area contributed by atoms with E-state index >= 15 is 0 Å². The number of ether oxygens (including phenoxy) is 3. The molecule has 1 saturated carbocycles. The summed E-state index contributed by atoms with van der Waals surface area (Å²) in [5, 5.41) is 29.7. The maximum absolute atomic E-state index is 12.8. The normalized spacial score (nSPS) is 16.8. The van der Waals surface area contributed by atoms with Gasteiger partial charge < -0.3 is 90.0 Å². The standard InChI is InChI=1S/C32H44ClN8O3P.C28H36ClN6O2P.C27H34ClN6O2P/c1-22(2)35-32(42)41-18-16-40(17-19-41)23-12-14-39(15-13-23)24-10-11-26(28(20-24)44-3)37-31-34-21-25(33)30(38-31)36-27-8-6-7-9-29(27)45(4,5)43;1-20-18-22(34-12-10-21(11-13-34)35-14-16-37-17-15-35)8-9-24(20)32-28-30-19-23(29)27(33-28)31-25-6-4-5-7-26(25)38(2,3)36;1-36-24-16-20(34-14-12-19(13-15-34)30-18-8-9-18)10-11-22(24)32-27-29-17-21(28)26(33-27)31-23-6-4-5-7-25(23)37(2,3)35/h6-11,20-23H,12-19H2,1-5H3,(H,35,42)(H2,34,36,37,38);4-9,18-19,21H,10-17H2,1-3H3,(H2,30,31,32,33);4-7,10-11,16-19,30H,8-9,12-15H2,1-3H3,(H2,29,31,32,33). The van der Waals surface area contributed by atoms with E-state index in [1.807, 2.05) is 110 Å². The number of nitrogens with one attached hydrogen (secondary N) is 8. The number of aryl methyl sites for hydroxylation is 1. The van der Waals surface area contributed by atoms with Crippen molar-refractivity contribution in [1.82, 2.24) is 55.2 Å². The van der Waals surface area contributed by atoms with Crippen molar-refractivity contribution in [2.24, 2.45) is 0 Å². The molecule has 0 atom stereocenters. The van der Waals surface area contributed by atoms with E-state index < -0.39 is 21.4 Å². The maximum atomic E-state index is 12.8. The van der Waals surface area contributed by atoms with Crippen molar-refractivity contribution < 1.29 is 32.7 Å². The Morgan fingerprint density at radius 1 is 0.433 bits per heavy atom. The summed E-state index contributed by atoms with van der Waals surface area (Å²) in [7, 11) is -4.19. The highest BCUT2D eigenvalue weighted by atomic mass is 35.5. The van der Waals surface area contributed by atoms with Crippen molar-refractivity contribution >= 4 is 165 Å². The second kappa shape index (κ2) is 40.4. The largest absolute Gasteiger partial charge is 0.494 e. The maximum Gasteiger partial charge on any atom is 0.317 e. The third-order valence-corrected chi connectivity index (χ3v) is 27.9. The number of piperazine rings is 1. The number of nitrogens with zero attached hydrogens (tertiary/aromatic N) is 12. The van der Waals surface area contributed by atoms with Crippen molar-refractivity contribution in [2.75, 3.05) is 193 Å². The molecule has 0 radical (unpaired) electrons. The second-order valence-corrected chi connectivity index (χ2v) is 43.5. The van der Waals surface area contributed by atoms with Crippen LogP contribution in [0.5, 0.6) is 11.5 Å². The molecule has 5 saturated heterocycles. The van der Waals surface area contributed by atoms with Gasteiger partial charge in [0, 0.05) is 160 Å². The average molecular weight is 1750 g/mol. The zero-order valence-corrected chi connectivity index (χ0v) is 75.5. The summed E-state index contributed by atoms with van der Waals surface area (Å²) in [4.78, 5) is 53.6. The average Bonchev–Trinajstić information content (AvgIpc) is 0.936. The Kier molecular flexibility index (Phi) is 29.9. The highest BCUT2D eigenvalue weighted by molar-refractivity contribution is 7.71. The number of morpholine rings is 1. The molecule has 1 aliphatic carbocycles. The Labute approximate surface area is 721 Å². The first-order chi connectivity index (χ1) is 57.6. The molecule has 0 unspecified atom stereocenters. The third kappa shape index (κ3) is 23.8. The van der Waals surface area contributed by atoms with E-state index in [9.17, 15) is 18.5 Å². The van der Waals surface area contributed by atoms with E-state index in [1.165, 1.54) is 37.6 Å². The molecule has 6 aliphatic rings. The van der Waals surface area contributed by atoms with Crippen molar-refractivity contribution in [3.63, 3.8) is 0 Å². The van der Waals surface area contributed by atoms with Crippen LogP contribution in [0.4, 0.5) is 91.3 Å². The summed E-state index contributed by atoms with van der Waals surface area (Å²) in [6.45, 7) is 29.8. The molecule has 0 bridgehead atoms. The molecule has 0 spiro atoms. The fourth-order valence-corrected chi connectivity index (χ4v) is 19.7. The highest BCUT2D eigenvalue weighted by Crippen LogP contribution is 2.44. The number of halogens is 3. The molecule has 27 nitrogen and oxygen atoms in total. The predicted octanol–water partition coefficient (Wildman–Crippen LogP) is 16.6. The third-order valence-electron chi connectivity index (χ3n) is 22.4. The van der Waals surface area contributed by atoms with Gasteiger partial charge in [0.2, 0.25) is 17.8 Å². The summed E-state index contributed by atoms with van der Waals surface area (Å²) < 4.78 is 55.3. The molecule has 5 aliphatic heterocycles. The van der Waals surface area contributed by atoms with E-state index in [0.29, 0.717) is 91.4 Å². The number of carbonyl (C=O) groups is 1. The number of rotatable bonds is 25. The van der Waals surface area contributed by atoms with Gasteiger partial charge in [0.25, 0.3) is 0 Å². The van der Waals surface area contributed by atoms with Gasteiger partial charge in [-0.2, -0.15) is 15.0 Å². The van der Waals surface area contributed by atoms with Crippen LogP contribution in [0.15, 0.2) is 146 Å². The molecule has 120 heavy (non-hydrogen) atoms. The molecule has 6 aromatic carbocycles. The first-order valence-corrected chi connectivity index (χ1v) is 50.3. The number of anilines is 15. The number of para-hydroxylation sites is 3. The van der Waals surface area contributed by atoms with Crippen LogP contribution in [0.2, 0.25) is 15.1 Å².